The summed E-state index contributed by atoms with van der Waals surface area (Å²) < 4.78 is 34.9. The summed E-state index contributed by atoms with van der Waals surface area (Å²) in [5, 5.41) is 0.599. The van der Waals surface area contributed by atoms with Crippen molar-refractivity contribution in [3.63, 3.8) is 0 Å². The van der Waals surface area contributed by atoms with Gasteiger partial charge in [-0.2, -0.15) is 4.31 Å². The number of nitrogens with zero attached hydrogens (tertiary/aromatic N) is 4. The average molecular weight is 589 g/mol. The number of unbranched alkanes of at least 4 members (excludes halogenated alkanes) is 2. The Balaban J connectivity index is 1.96. The molecule has 1 aromatic heterocycles. The van der Waals surface area contributed by atoms with Gasteiger partial charge in [-0.15, -0.1) is 0 Å². The number of aryl methyl sites for hydroxylation is 1. The molecule has 3 rings (SSSR count). The predicted molar refractivity (Wildman–Crippen MR) is 165 cm³/mol. The maximum Gasteiger partial charge on any atom is 0.260 e. The SMILES string of the molecule is CCCCN(CCCC)S(=O)(=O)c1ccc(C(=O)N(CCN(CC)CC)c2nc3c(OC)ccc(C)c3s2)cc1. The Morgan fingerprint density at radius 2 is 1.52 bits per heavy atom. The number of fused-ring (bicyclic) bond motifs is 1. The molecule has 220 valence electrons. The van der Waals surface area contributed by atoms with Gasteiger partial charge in [0.25, 0.3) is 5.91 Å². The largest absolute Gasteiger partial charge is 0.494 e. The number of hydrogen-bond donors (Lipinski definition) is 0. The van der Waals surface area contributed by atoms with E-state index in [1.54, 1.807) is 40.6 Å². The summed E-state index contributed by atoms with van der Waals surface area (Å²) >= 11 is 1.47. The van der Waals surface area contributed by atoms with Gasteiger partial charge < -0.3 is 9.64 Å². The summed E-state index contributed by atoms with van der Waals surface area (Å²) in [5.41, 5.74) is 2.24. The van der Waals surface area contributed by atoms with Crippen LogP contribution in [0.3, 0.4) is 0 Å². The number of sulfonamides is 1. The summed E-state index contributed by atoms with van der Waals surface area (Å²) in [4.78, 5) is 22.9. The van der Waals surface area contributed by atoms with Crippen molar-refractivity contribution in [3.8, 4) is 5.75 Å². The number of aromatic nitrogens is 1. The first-order chi connectivity index (χ1) is 19.2. The van der Waals surface area contributed by atoms with Crippen molar-refractivity contribution in [3.05, 3.63) is 47.5 Å². The normalized spacial score (nSPS) is 12.0. The smallest absolute Gasteiger partial charge is 0.260 e. The highest BCUT2D eigenvalue weighted by Gasteiger charge is 2.26. The fourth-order valence-electron chi connectivity index (χ4n) is 4.54. The average Bonchev–Trinajstić information content (AvgIpc) is 3.41. The molecule has 0 N–H and O–H groups in total. The Bertz CT molecular complexity index is 1340. The zero-order valence-electron chi connectivity index (χ0n) is 24.8. The molecule has 0 atom stereocenters. The van der Waals surface area contributed by atoms with Gasteiger partial charge in [-0.25, -0.2) is 13.4 Å². The summed E-state index contributed by atoms with van der Waals surface area (Å²) in [5.74, 6) is 0.463. The first-order valence-electron chi connectivity index (χ1n) is 14.3. The van der Waals surface area contributed by atoms with Crippen LogP contribution in [0.1, 0.15) is 69.3 Å². The van der Waals surface area contributed by atoms with Crippen molar-refractivity contribution < 1.29 is 17.9 Å². The molecule has 1 heterocycles. The molecule has 0 radical (unpaired) electrons. The molecule has 0 aliphatic heterocycles. The third kappa shape index (κ3) is 7.40. The molecule has 2 aromatic carbocycles. The summed E-state index contributed by atoms with van der Waals surface area (Å²) in [6, 6.07) is 10.2. The number of amides is 1. The summed E-state index contributed by atoms with van der Waals surface area (Å²) in [6.07, 6.45) is 3.47. The molecule has 10 heteroatoms. The van der Waals surface area contributed by atoms with Crippen LogP contribution in [-0.2, 0) is 10.0 Å². The fraction of sp³-hybridized carbons (Fsp3) is 0.533. The molecule has 0 saturated heterocycles. The third-order valence-electron chi connectivity index (χ3n) is 7.18. The highest BCUT2D eigenvalue weighted by atomic mass is 32.2. The Labute approximate surface area is 244 Å². The molecule has 1 amide bonds. The second-order valence-electron chi connectivity index (χ2n) is 9.88. The molecule has 0 fully saturated rings. The van der Waals surface area contributed by atoms with Crippen molar-refractivity contribution >= 4 is 42.6 Å². The molecule has 0 bridgehead atoms. The van der Waals surface area contributed by atoms with Gasteiger partial charge >= 0.3 is 0 Å². The van der Waals surface area contributed by atoms with Crippen LogP contribution < -0.4 is 9.64 Å². The van der Waals surface area contributed by atoms with Crippen LogP contribution in [0.25, 0.3) is 10.2 Å². The number of anilines is 1. The lowest BCUT2D eigenvalue weighted by Crippen LogP contribution is -2.39. The minimum atomic E-state index is -3.64. The molecular weight excluding hydrogens is 544 g/mol. The topological polar surface area (TPSA) is 83.1 Å². The number of carbonyl (C=O) groups is 1. The van der Waals surface area contributed by atoms with E-state index in [2.05, 4.69) is 32.6 Å². The molecule has 0 saturated carbocycles. The van der Waals surface area contributed by atoms with Crippen LogP contribution in [0.5, 0.6) is 5.75 Å². The molecule has 0 spiro atoms. The minimum absolute atomic E-state index is 0.208. The minimum Gasteiger partial charge on any atom is -0.494 e. The van der Waals surface area contributed by atoms with E-state index >= 15 is 0 Å². The van der Waals surface area contributed by atoms with Gasteiger partial charge in [0.1, 0.15) is 11.3 Å². The van der Waals surface area contributed by atoms with Crippen molar-refractivity contribution in [2.24, 2.45) is 0 Å². The lowest BCUT2D eigenvalue weighted by molar-refractivity contribution is 0.0983. The molecule has 0 aliphatic carbocycles. The highest BCUT2D eigenvalue weighted by molar-refractivity contribution is 7.89. The maximum absolute atomic E-state index is 13.9. The van der Waals surface area contributed by atoms with E-state index in [9.17, 15) is 13.2 Å². The Kier molecular flexibility index (Phi) is 11.9. The summed E-state index contributed by atoms with van der Waals surface area (Å²) in [6.45, 7) is 14.3. The van der Waals surface area contributed by atoms with Gasteiger partial charge in [0.15, 0.2) is 5.13 Å². The van der Waals surface area contributed by atoms with Gasteiger partial charge in [-0.1, -0.05) is 57.9 Å². The molecule has 0 unspecified atom stereocenters. The fourth-order valence-corrected chi connectivity index (χ4v) is 7.13. The van der Waals surface area contributed by atoms with Gasteiger partial charge in [0.05, 0.1) is 16.7 Å². The number of thiazole rings is 1. The van der Waals surface area contributed by atoms with Gasteiger partial charge in [-0.3, -0.25) is 9.69 Å². The zero-order chi connectivity index (χ0) is 29.3. The van der Waals surface area contributed by atoms with Crippen LogP contribution in [0.4, 0.5) is 5.13 Å². The molecule has 8 nitrogen and oxygen atoms in total. The van der Waals surface area contributed by atoms with E-state index in [1.807, 2.05) is 19.1 Å². The molecule has 40 heavy (non-hydrogen) atoms. The van der Waals surface area contributed by atoms with Crippen molar-refractivity contribution in [2.75, 3.05) is 51.3 Å². The third-order valence-corrected chi connectivity index (χ3v) is 10.3. The van der Waals surface area contributed by atoms with Gasteiger partial charge in [0.2, 0.25) is 10.0 Å². The monoisotopic (exact) mass is 588 g/mol. The van der Waals surface area contributed by atoms with Crippen LogP contribution in [0.15, 0.2) is 41.3 Å². The number of hydrogen-bond acceptors (Lipinski definition) is 7. The van der Waals surface area contributed by atoms with Crippen LogP contribution in [0, 0.1) is 6.92 Å². The standard InChI is InChI=1S/C30H44N4O4S2/c1-7-11-19-33(20-12-8-2)40(36,37)25-16-14-24(15-17-25)29(35)34(22-21-32(9-3)10-4)30-31-27-26(38-6)18-13-23(5)28(27)39-30/h13-18H,7-12,19-22H2,1-6H3. The number of likely N-dealkylation sites (N-methyl/N-ethyl adjacent to an activating group) is 1. The Morgan fingerprint density at radius 1 is 0.900 bits per heavy atom. The number of benzene rings is 2. The summed E-state index contributed by atoms with van der Waals surface area (Å²) in [7, 11) is -2.02. The number of carbonyl (C=O) groups excluding carboxylic acids is 1. The van der Waals surface area contributed by atoms with Crippen LogP contribution in [0.2, 0.25) is 0 Å². The second kappa shape index (κ2) is 14.9. The first kappa shape index (κ1) is 32.0. The van der Waals surface area contributed by atoms with E-state index in [1.165, 1.54) is 11.3 Å². The van der Waals surface area contributed by atoms with Crippen LogP contribution >= 0.6 is 11.3 Å². The number of ether oxygens (including phenoxy) is 1. The number of methoxy groups -OCH3 is 1. The van der Waals surface area contributed by atoms with Crippen LogP contribution in [-0.4, -0.2) is 74.9 Å². The maximum atomic E-state index is 13.9. The van der Waals surface area contributed by atoms with E-state index < -0.39 is 10.0 Å². The van der Waals surface area contributed by atoms with E-state index in [0.29, 0.717) is 42.6 Å². The van der Waals surface area contributed by atoms with E-state index in [-0.39, 0.29) is 10.8 Å². The number of rotatable bonds is 16. The van der Waals surface area contributed by atoms with E-state index in [4.69, 9.17) is 9.72 Å². The molecule has 3 aromatic rings. The zero-order valence-corrected chi connectivity index (χ0v) is 26.4. The highest BCUT2D eigenvalue weighted by Crippen LogP contribution is 2.37. The van der Waals surface area contributed by atoms with E-state index in [0.717, 1.165) is 54.6 Å². The molecule has 0 aliphatic rings. The lowest BCUT2D eigenvalue weighted by atomic mass is 10.2. The Hall–Kier alpha value is -2.53. The lowest BCUT2D eigenvalue weighted by Gasteiger charge is -2.25. The second-order valence-corrected chi connectivity index (χ2v) is 12.8. The van der Waals surface area contributed by atoms with Gasteiger partial charge in [-0.05, 0) is 68.8 Å². The van der Waals surface area contributed by atoms with Crippen molar-refractivity contribution in [1.29, 1.82) is 0 Å². The Morgan fingerprint density at radius 3 is 2.08 bits per heavy atom. The quantitative estimate of drug-likeness (QED) is 0.198. The first-order valence-corrected chi connectivity index (χ1v) is 16.6. The molecular formula is C30H44N4O4S2. The van der Waals surface area contributed by atoms with Crippen molar-refractivity contribution in [2.45, 2.75) is 65.2 Å². The predicted octanol–water partition coefficient (Wildman–Crippen LogP) is 6.19. The van der Waals surface area contributed by atoms with Crippen molar-refractivity contribution in [1.82, 2.24) is 14.2 Å². The van der Waals surface area contributed by atoms with Gasteiger partial charge in [0, 0.05) is 31.7 Å².